The van der Waals surface area contributed by atoms with Crippen molar-refractivity contribution in [2.45, 2.75) is 130 Å². The average molecular weight is 551 g/mol. The van der Waals surface area contributed by atoms with E-state index in [0.29, 0.717) is 5.41 Å². The lowest BCUT2D eigenvalue weighted by atomic mass is 10.0. The van der Waals surface area contributed by atoms with Gasteiger partial charge in [0, 0.05) is 24.3 Å². The minimum atomic E-state index is 0.265. The summed E-state index contributed by atoms with van der Waals surface area (Å²) in [6.07, 6.45) is 8.45. The van der Waals surface area contributed by atoms with Gasteiger partial charge in [0.1, 0.15) is 0 Å². The van der Waals surface area contributed by atoms with E-state index in [-0.39, 0.29) is 5.54 Å². The maximum Gasteiger partial charge on any atom is 0.0465 e. The molecule has 0 spiro atoms. The molecule has 0 unspecified atom stereocenters. The second kappa shape index (κ2) is 18.8. The van der Waals surface area contributed by atoms with Crippen molar-refractivity contribution in [1.82, 2.24) is 4.90 Å². The summed E-state index contributed by atoms with van der Waals surface area (Å²) in [6.45, 7) is 41.1. The van der Waals surface area contributed by atoms with E-state index in [0.717, 1.165) is 13.1 Å². The Balaban J connectivity index is 0. The number of hydrogen-bond acceptors (Lipinski definition) is 2. The van der Waals surface area contributed by atoms with Crippen LogP contribution in [0, 0.1) is 53.9 Å². The van der Waals surface area contributed by atoms with Crippen molar-refractivity contribution in [2.24, 2.45) is 5.41 Å². The molecule has 0 aliphatic carbocycles. The molecule has 2 nitrogen and oxygen atoms in total. The average Bonchev–Trinajstić information content (AvgIpc) is 2.78. The van der Waals surface area contributed by atoms with Crippen molar-refractivity contribution in [3.05, 3.63) is 87.8 Å². The highest BCUT2D eigenvalue weighted by atomic mass is 15.2. The van der Waals surface area contributed by atoms with E-state index in [1.54, 1.807) is 0 Å². The molecule has 0 amide bonds. The molecule has 0 aliphatic rings. The van der Waals surface area contributed by atoms with E-state index in [1.165, 1.54) is 44.6 Å². The zero-order valence-electron chi connectivity index (χ0n) is 29.9. The van der Waals surface area contributed by atoms with Gasteiger partial charge in [-0.2, -0.15) is 0 Å². The number of allylic oxidation sites excluding steroid dienone is 2. The fourth-order valence-corrected chi connectivity index (χ4v) is 4.38. The van der Waals surface area contributed by atoms with Crippen molar-refractivity contribution in [2.75, 3.05) is 18.0 Å². The molecule has 0 atom stereocenters. The predicted molar refractivity (Wildman–Crippen MR) is 186 cm³/mol. The first-order chi connectivity index (χ1) is 18.2. The molecule has 0 bridgehead atoms. The summed E-state index contributed by atoms with van der Waals surface area (Å²) < 4.78 is 0. The summed E-state index contributed by atoms with van der Waals surface area (Å²) in [5.41, 5.74) is 11.7. The molecule has 228 valence electrons. The Morgan fingerprint density at radius 2 is 0.925 bits per heavy atom. The third-order valence-electron chi connectivity index (χ3n) is 6.20. The van der Waals surface area contributed by atoms with Gasteiger partial charge in [0.05, 0.1) is 0 Å². The number of anilines is 1. The van der Waals surface area contributed by atoms with Gasteiger partial charge >= 0.3 is 0 Å². The SMILES string of the molecule is C/C=C\N(CC)C(C)(C)C.C/C=C\N(CC)c1c(C)cc(C)cc1C.CC(C)(C)C.Cc1cc(C)c(C)c(C)c1. The van der Waals surface area contributed by atoms with Gasteiger partial charge in [-0.15, -0.1) is 0 Å². The van der Waals surface area contributed by atoms with Crippen molar-refractivity contribution >= 4 is 5.69 Å². The Morgan fingerprint density at radius 3 is 1.18 bits per heavy atom. The lowest BCUT2D eigenvalue weighted by Crippen LogP contribution is -2.36. The second-order valence-corrected chi connectivity index (χ2v) is 13.5. The molecule has 2 rings (SSSR count). The van der Waals surface area contributed by atoms with Crippen LogP contribution < -0.4 is 4.90 Å². The number of hydrogen-bond donors (Lipinski definition) is 0. The lowest BCUT2D eigenvalue weighted by Gasteiger charge is -2.33. The maximum atomic E-state index is 2.31. The first-order valence-corrected chi connectivity index (χ1v) is 15.1. The van der Waals surface area contributed by atoms with Crippen LogP contribution in [-0.4, -0.2) is 23.5 Å². The highest BCUT2D eigenvalue weighted by Gasteiger charge is 2.14. The van der Waals surface area contributed by atoms with Gasteiger partial charge in [0.2, 0.25) is 0 Å². The van der Waals surface area contributed by atoms with Crippen LogP contribution in [0.15, 0.2) is 48.8 Å². The van der Waals surface area contributed by atoms with Crippen LogP contribution in [-0.2, 0) is 0 Å². The quantitative estimate of drug-likeness (QED) is 0.365. The van der Waals surface area contributed by atoms with Gasteiger partial charge in [-0.05, 0) is 143 Å². The Hall–Kier alpha value is -2.48. The molecule has 0 heterocycles. The molecule has 0 radical (unpaired) electrons. The van der Waals surface area contributed by atoms with E-state index >= 15 is 0 Å². The van der Waals surface area contributed by atoms with Crippen LogP contribution in [0.1, 0.15) is 115 Å². The van der Waals surface area contributed by atoms with Crippen molar-refractivity contribution in [1.29, 1.82) is 0 Å². The molecule has 2 aromatic carbocycles. The summed E-state index contributed by atoms with van der Waals surface area (Å²) in [6, 6.07) is 8.94. The van der Waals surface area contributed by atoms with Crippen molar-refractivity contribution in [3.63, 3.8) is 0 Å². The van der Waals surface area contributed by atoms with Gasteiger partial charge in [-0.1, -0.05) is 75.2 Å². The Bertz CT molecular complexity index is 990. The molecule has 0 saturated carbocycles. The summed E-state index contributed by atoms with van der Waals surface area (Å²) in [7, 11) is 0. The molecular formula is C38H66N2. The maximum absolute atomic E-state index is 2.31. The van der Waals surface area contributed by atoms with Crippen LogP contribution in [0.2, 0.25) is 0 Å². The highest BCUT2D eigenvalue weighted by Crippen LogP contribution is 2.26. The Morgan fingerprint density at radius 1 is 0.575 bits per heavy atom. The molecular weight excluding hydrogens is 484 g/mol. The van der Waals surface area contributed by atoms with E-state index in [1.807, 2.05) is 0 Å². The molecule has 0 aliphatic heterocycles. The highest BCUT2D eigenvalue weighted by molar-refractivity contribution is 5.61. The zero-order chi connectivity index (χ0) is 31.8. The molecule has 0 aromatic heterocycles. The summed E-state index contributed by atoms with van der Waals surface area (Å²) >= 11 is 0. The molecule has 2 aromatic rings. The predicted octanol–water partition coefficient (Wildman–Crippen LogP) is 11.6. The van der Waals surface area contributed by atoms with Gasteiger partial charge in [0.15, 0.2) is 0 Å². The smallest absolute Gasteiger partial charge is 0.0465 e. The molecule has 40 heavy (non-hydrogen) atoms. The van der Waals surface area contributed by atoms with E-state index < -0.39 is 0 Å². The van der Waals surface area contributed by atoms with Gasteiger partial charge in [-0.3, -0.25) is 0 Å². The molecule has 2 heteroatoms. The van der Waals surface area contributed by atoms with E-state index in [2.05, 4.69) is 183 Å². The van der Waals surface area contributed by atoms with Crippen molar-refractivity contribution < 1.29 is 0 Å². The monoisotopic (exact) mass is 551 g/mol. The molecule has 0 saturated heterocycles. The second-order valence-electron chi connectivity index (χ2n) is 13.5. The van der Waals surface area contributed by atoms with Crippen LogP contribution in [0.3, 0.4) is 0 Å². The van der Waals surface area contributed by atoms with Crippen LogP contribution in [0.4, 0.5) is 5.69 Å². The minimum absolute atomic E-state index is 0.265. The standard InChI is InChI=1S/C14H21N.C10H14.C9H19N.C5H12/c1-6-8-15(7-2)14-12(4)9-11(3)10-13(14)5;1-7-5-8(2)10(4)9(3)6-7;1-6-8-10(7-2)9(3,4)5;1-5(2,3)4/h6,8-10H,7H2,1-5H3;5-6H,1-4H3;6,8H,7H2,1-5H3;1-4H3/b8-6-;;8-6-;. The third kappa shape index (κ3) is 17.3. The zero-order valence-corrected chi connectivity index (χ0v) is 29.9. The van der Waals surface area contributed by atoms with E-state index in [9.17, 15) is 0 Å². The number of benzene rings is 2. The minimum Gasteiger partial charge on any atom is -0.373 e. The van der Waals surface area contributed by atoms with Crippen LogP contribution >= 0.6 is 0 Å². The Kier molecular flexibility index (Phi) is 18.6. The summed E-state index contributed by atoms with van der Waals surface area (Å²) in [4.78, 5) is 4.61. The fourth-order valence-electron chi connectivity index (χ4n) is 4.38. The van der Waals surface area contributed by atoms with Gasteiger partial charge in [0.25, 0.3) is 0 Å². The number of rotatable bonds is 5. The van der Waals surface area contributed by atoms with Crippen molar-refractivity contribution in [3.8, 4) is 0 Å². The lowest BCUT2D eigenvalue weighted by molar-refractivity contribution is 0.215. The summed E-state index contributed by atoms with van der Waals surface area (Å²) in [5, 5.41) is 0. The van der Waals surface area contributed by atoms with Crippen LogP contribution in [0.25, 0.3) is 0 Å². The topological polar surface area (TPSA) is 6.48 Å². The normalized spacial score (nSPS) is 11.2. The summed E-state index contributed by atoms with van der Waals surface area (Å²) in [5.74, 6) is 0. The number of nitrogens with zero attached hydrogens (tertiary/aromatic N) is 2. The van der Waals surface area contributed by atoms with Gasteiger partial charge in [-0.25, -0.2) is 0 Å². The fraction of sp³-hybridized carbons (Fsp3) is 0.579. The molecule has 0 fully saturated rings. The first-order valence-electron chi connectivity index (χ1n) is 15.1. The molecule has 0 N–H and O–H groups in total. The van der Waals surface area contributed by atoms with E-state index in [4.69, 9.17) is 0 Å². The third-order valence-corrected chi connectivity index (χ3v) is 6.20. The number of aryl methyl sites for hydroxylation is 6. The largest absolute Gasteiger partial charge is 0.373 e. The first kappa shape index (κ1) is 39.7. The van der Waals surface area contributed by atoms with Gasteiger partial charge < -0.3 is 9.80 Å². The Labute approximate surface area is 251 Å². The van der Waals surface area contributed by atoms with Crippen LogP contribution in [0.5, 0.6) is 0 Å².